The average Bonchev–Trinajstić information content (AvgIpc) is 2.44. The highest BCUT2D eigenvalue weighted by atomic mass is 16.5. The second-order valence-corrected chi connectivity index (χ2v) is 4.92. The van der Waals surface area contributed by atoms with Gasteiger partial charge in [-0.15, -0.1) is 0 Å². The Hall–Kier alpha value is -2.55. The fourth-order valence-corrected chi connectivity index (χ4v) is 2.14. The van der Waals surface area contributed by atoms with Crippen LogP contribution in [-0.4, -0.2) is 4.98 Å². The van der Waals surface area contributed by atoms with Crippen molar-refractivity contribution < 1.29 is 4.74 Å². The Morgan fingerprint density at radius 2 is 1.75 bits per heavy atom. The van der Waals surface area contributed by atoms with E-state index in [1.54, 1.807) is 0 Å². The first-order chi connectivity index (χ1) is 9.63. The lowest BCUT2D eigenvalue weighted by molar-refractivity contribution is 0.461. The van der Waals surface area contributed by atoms with Gasteiger partial charge in [-0.1, -0.05) is 18.2 Å². The van der Waals surface area contributed by atoms with E-state index >= 15 is 0 Å². The number of nitrogens with two attached hydrogens (primary N) is 1. The van der Waals surface area contributed by atoms with Crippen LogP contribution < -0.4 is 10.5 Å². The van der Waals surface area contributed by atoms with Crippen LogP contribution in [0, 0.1) is 13.8 Å². The lowest BCUT2D eigenvalue weighted by Crippen LogP contribution is -1.95. The summed E-state index contributed by atoms with van der Waals surface area (Å²) in [5, 5.41) is 1.10. The molecule has 3 heteroatoms. The summed E-state index contributed by atoms with van der Waals surface area (Å²) in [6, 6.07) is 15.7. The Balaban J connectivity index is 1.99. The summed E-state index contributed by atoms with van der Waals surface area (Å²) < 4.78 is 5.89. The fraction of sp³-hybridized carbons (Fsp3) is 0.118. The number of benzene rings is 2. The van der Waals surface area contributed by atoms with Crippen LogP contribution in [-0.2, 0) is 0 Å². The molecule has 0 aliphatic heterocycles. The lowest BCUT2D eigenvalue weighted by atomic mass is 10.1. The van der Waals surface area contributed by atoms with Crippen LogP contribution in [0.3, 0.4) is 0 Å². The highest BCUT2D eigenvalue weighted by Crippen LogP contribution is 2.28. The van der Waals surface area contributed by atoms with Gasteiger partial charge in [0.15, 0.2) is 0 Å². The van der Waals surface area contributed by atoms with Gasteiger partial charge >= 0.3 is 0 Å². The lowest BCUT2D eigenvalue weighted by Gasteiger charge is -2.11. The highest BCUT2D eigenvalue weighted by Gasteiger charge is 2.06. The first-order valence-electron chi connectivity index (χ1n) is 6.54. The van der Waals surface area contributed by atoms with Gasteiger partial charge in [-0.05, 0) is 49.2 Å². The highest BCUT2D eigenvalue weighted by molar-refractivity contribution is 5.78. The molecule has 3 nitrogen and oxygen atoms in total. The molecule has 20 heavy (non-hydrogen) atoms. The van der Waals surface area contributed by atoms with E-state index in [-0.39, 0.29) is 0 Å². The molecule has 0 aliphatic rings. The van der Waals surface area contributed by atoms with Crippen molar-refractivity contribution in [2.24, 2.45) is 0 Å². The summed E-state index contributed by atoms with van der Waals surface area (Å²) in [5.74, 6) is 1.38. The second kappa shape index (κ2) is 4.85. The molecule has 0 spiro atoms. The van der Waals surface area contributed by atoms with Gasteiger partial charge in [0, 0.05) is 17.1 Å². The minimum absolute atomic E-state index is 0.593. The van der Waals surface area contributed by atoms with Crippen molar-refractivity contribution in [1.29, 1.82) is 0 Å². The zero-order chi connectivity index (χ0) is 14.1. The molecule has 1 heterocycles. The first kappa shape index (κ1) is 12.5. The molecular weight excluding hydrogens is 248 g/mol. The molecule has 0 fully saturated rings. The van der Waals surface area contributed by atoms with E-state index in [2.05, 4.69) is 4.98 Å². The number of fused-ring (bicyclic) bond motifs is 1. The van der Waals surface area contributed by atoms with Gasteiger partial charge in [0.05, 0.1) is 5.52 Å². The van der Waals surface area contributed by atoms with Crippen LogP contribution in [0.15, 0.2) is 48.5 Å². The molecule has 3 rings (SSSR count). The number of hydrogen-bond acceptors (Lipinski definition) is 3. The normalized spacial score (nSPS) is 10.7. The van der Waals surface area contributed by atoms with Gasteiger partial charge in [0.25, 0.3) is 0 Å². The maximum Gasteiger partial charge on any atom is 0.219 e. The molecule has 0 saturated carbocycles. The molecule has 0 saturated heterocycles. The van der Waals surface area contributed by atoms with Crippen LogP contribution in [0.1, 0.15) is 11.1 Å². The Morgan fingerprint density at radius 1 is 0.950 bits per heavy atom. The molecule has 1 aromatic heterocycles. The minimum atomic E-state index is 0.593. The number of para-hydroxylation sites is 1. The van der Waals surface area contributed by atoms with Gasteiger partial charge in [-0.3, -0.25) is 0 Å². The van der Waals surface area contributed by atoms with Crippen molar-refractivity contribution in [3.8, 4) is 11.6 Å². The average molecular weight is 264 g/mol. The molecule has 100 valence electrons. The van der Waals surface area contributed by atoms with Gasteiger partial charge in [-0.2, -0.15) is 0 Å². The Labute approximate surface area is 118 Å². The summed E-state index contributed by atoms with van der Waals surface area (Å²) in [5.41, 5.74) is 9.60. The molecule has 0 aliphatic carbocycles. The summed E-state index contributed by atoms with van der Waals surface area (Å²) >= 11 is 0. The molecule has 2 N–H and O–H groups in total. The molecule has 0 atom stereocenters. The van der Waals surface area contributed by atoms with E-state index < -0.39 is 0 Å². The van der Waals surface area contributed by atoms with E-state index in [0.29, 0.717) is 5.88 Å². The smallest absolute Gasteiger partial charge is 0.219 e. The SMILES string of the molecule is Cc1cc(Oc2ccc3ccccc3n2)c(C)cc1N. The van der Waals surface area contributed by atoms with E-state index in [9.17, 15) is 0 Å². The monoisotopic (exact) mass is 264 g/mol. The van der Waals surface area contributed by atoms with E-state index in [4.69, 9.17) is 10.5 Å². The number of rotatable bonds is 2. The van der Waals surface area contributed by atoms with Crippen LogP contribution in [0.2, 0.25) is 0 Å². The van der Waals surface area contributed by atoms with Crippen LogP contribution in [0.4, 0.5) is 5.69 Å². The predicted octanol–water partition coefficient (Wildman–Crippen LogP) is 4.23. The molecule has 0 radical (unpaired) electrons. The molecule has 2 aromatic carbocycles. The van der Waals surface area contributed by atoms with Crippen molar-refractivity contribution in [1.82, 2.24) is 4.98 Å². The van der Waals surface area contributed by atoms with Crippen molar-refractivity contribution in [3.05, 3.63) is 59.7 Å². The third-order valence-corrected chi connectivity index (χ3v) is 3.35. The third kappa shape index (κ3) is 2.30. The minimum Gasteiger partial charge on any atom is -0.439 e. The first-order valence-corrected chi connectivity index (χ1v) is 6.54. The Bertz CT molecular complexity index is 781. The number of aromatic nitrogens is 1. The summed E-state index contributed by atoms with van der Waals surface area (Å²) in [4.78, 5) is 4.51. The Morgan fingerprint density at radius 3 is 2.60 bits per heavy atom. The third-order valence-electron chi connectivity index (χ3n) is 3.35. The van der Waals surface area contributed by atoms with Crippen LogP contribution >= 0.6 is 0 Å². The summed E-state index contributed by atoms with van der Waals surface area (Å²) in [6.07, 6.45) is 0. The molecule has 0 bridgehead atoms. The van der Waals surface area contributed by atoms with E-state index in [1.165, 1.54) is 0 Å². The number of pyridine rings is 1. The van der Waals surface area contributed by atoms with Gasteiger partial charge < -0.3 is 10.5 Å². The zero-order valence-electron chi connectivity index (χ0n) is 11.6. The van der Waals surface area contributed by atoms with Gasteiger partial charge in [0.2, 0.25) is 5.88 Å². The standard InChI is InChI=1S/C17H16N2O/c1-11-10-16(12(2)9-14(11)18)20-17-8-7-13-5-3-4-6-15(13)19-17/h3-10H,18H2,1-2H3. The summed E-state index contributed by atoms with van der Waals surface area (Å²) in [7, 11) is 0. The number of aryl methyl sites for hydroxylation is 2. The van der Waals surface area contributed by atoms with Gasteiger partial charge in [0.1, 0.15) is 5.75 Å². The Kier molecular flexibility index (Phi) is 3.03. The van der Waals surface area contributed by atoms with Crippen molar-refractivity contribution in [3.63, 3.8) is 0 Å². The van der Waals surface area contributed by atoms with E-state index in [1.807, 2.05) is 62.4 Å². The van der Waals surface area contributed by atoms with E-state index in [0.717, 1.165) is 33.5 Å². The summed E-state index contributed by atoms with van der Waals surface area (Å²) in [6.45, 7) is 3.95. The molecule has 3 aromatic rings. The zero-order valence-corrected chi connectivity index (χ0v) is 11.6. The number of anilines is 1. The van der Waals surface area contributed by atoms with Crippen molar-refractivity contribution in [2.45, 2.75) is 13.8 Å². The van der Waals surface area contributed by atoms with Crippen LogP contribution in [0.25, 0.3) is 10.9 Å². The van der Waals surface area contributed by atoms with Crippen molar-refractivity contribution >= 4 is 16.6 Å². The topological polar surface area (TPSA) is 48.1 Å². The van der Waals surface area contributed by atoms with Crippen LogP contribution in [0.5, 0.6) is 11.6 Å². The predicted molar refractivity (Wildman–Crippen MR) is 82.1 cm³/mol. The largest absolute Gasteiger partial charge is 0.439 e. The number of hydrogen-bond donors (Lipinski definition) is 1. The number of nitrogen functional groups attached to an aromatic ring is 1. The molecule has 0 amide bonds. The quantitative estimate of drug-likeness (QED) is 0.705. The number of ether oxygens (including phenoxy) is 1. The molecular formula is C17H16N2O. The second-order valence-electron chi connectivity index (χ2n) is 4.92. The maximum atomic E-state index is 5.89. The fourth-order valence-electron chi connectivity index (χ4n) is 2.14. The van der Waals surface area contributed by atoms with Gasteiger partial charge in [-0.25, -0.2) is 4.98 Å². The molecule has 0 unspecified atom stereocenters. The maximum absolute atomic E-state index is 5.89. The number of nitrogens with zero attached hydrogens (tertiary/aromatic N) is 1. The van der Waals surface area contributed by atoms with Crippen molar-refractivity contribution in [2.75, 3.05) is 5.73 Å².